The molecule has 0 bridgehead atoms. The van der Waals surface area contributed by atoms with Crippen molar-refractivity contribution in [3.63, 3.8) is 0 Å². The smallest absolute Gasteiger partial charge is 0.150 e. The molecule has 90 valence electrons. The number of hydrogen-bond donors (Lipinski definition) is 1. The molecule has 16 heavy (non-hydrogen) atoms. The van der Waals surface area contributed by atoms with Crippen molar-refractivity contribution in [3.8, 4) is 0 Å². The highest BCUT2D eigenvalue weighted by molar-refractivity contribution is 5.83. The molecule has 0 aliphatic heterocycles. The van der Waals surface area contributed by atoms with Crippen molar-refractivity contribution in [1.82, 2.24) is 9.55 Å². The van der Waals surface area contributed by atoms with Crippen molar-refractivity contribution in [2.45, 2.75) is 25.3 Å². The number of hydrogen-bond acceptors (Lipinski definition) is 4. The maximum Gasteiger partial charge on any atom is 0.150 e. The fourth-order valence-electron chi connectivity index (χ4n) is 1.46. The zero-order valence-corrected chi connectivity index (χ0v) is 9.85. The molecule has 1 unspecified atom stereocenters. The van der Waals surface area contributed by atoms with E-state index in [4.69, 9.17) is 10.5 Å². The van der Waals surface area contributed by atoms with Crippen LogP contribution in [0.5, 0.6) is 0 Å². The third-order valence-corrected chi connectivity index (χ3v) is 2.56. The number of carbonyl (C=O) groups is 1. The molecule has 1 aromatic rings. The number of aromatic nitrogens is 2. The summed E-state index contributed by atoms with van der Waals surface area (Å²) in [5.74, 6) is 0.979. The van der Waals surface area contributed by atoms with Gasteiger partial charge < -0.3 is 15.0 Å². The van der Waals surface area contributed by atoms with Gasteiger partial charge in [0.1, 0.15) is 11.6 Å². The standard InChI is InChI=1S/C11H19N3O2/c1-14-7-6-13-11(14)4-3-10(15)9(12)5-8-16-2/h6-7,9H,3-5,8,12H2,1-2H3. The predicted molar refractivity (Wildman–Crippen MR) is 61.0 cm³/mol. The van der Waals surface area contributed by atoms with E-state index in [1.807, 2.05) is 17.8 Å². The van der Waals surface area contributed by atoms with Gasteiger partial charge in [0, 0.05) is 46.0 Å². The minimum atomic E-state index is -0.416. The average Bonchev–Trinajstić information content (AvgIpc) is 2.68. The summed E-state index contributed by atoms with van der Waals surface area (Å²) in [6.45, 7) is 0.523. The molecule has 1 rings (SSSR count). The van der Waals surface area contributed by atoms with Gasteiger partial charge in [-0.2, -0.15) is 0 Å². The summed E-state index contributed by atoms with van der Waals surface area (Å²) in [5, 5.41) is 0. The van der Waals surface area contributed by atoms with Crippen LogP contribution in [0.15, 0.2) is 12.4 Å². The van der Waals surface area contributed by atoms with E-state index in [1.54, 1.807) is 13.3 Å². The number of nitrogens with two attached hydrogens (primary N) is 1. The van der Waals surface area contributed by atoms with Crippen LogP contribution in [-0.2, 0) is 23.0 Å². The van der Waals surface area contributed by atoms with Crippen molar-refractivity contribution in [1.29, 1.82) is 0 Å². The average molecular weight is 225 g/mol. The van der Waals surface area contributed by atoms with Gasteiger partial charge in [-0.1, -0.05) is 0 Å². The number of rotatable bonds is 7. The third kappa shape index (κ3) is 3.75. The first kappa shape index (κ1) is 12.9. The first-order valence-electron chi connectivity index (χ1n) is 5.38. The van der Waals surface area contributed by atoms with Gasteiger partial charge in [-0.15, -0.1) is 0 Å². The first-order chi connectivity index (χ1) is 7.65. The number of nitrogens with zero attached hydrogens (tertiary/aromatic N) is 2. The van der Waals surface area contributed by atoms with Crippen molar-refractivity contribution < 1.29 is 9.53 Å². The van der Waals surface area contributed by atoms with Crippen LogP contribution in [-0.4, -0.2) is 35.1 Å². The van der Waals surface area contributed by atoms with Crippen molar-refractivity contribution in [3.05, 3.63) is 18.2 Å². The minimum Gasteiger partial charge on any atom is -0.385 e. The Labute approximate surface area is 95.6 Å². The normalized spacial score (nSPS) is 12.7. The summed E-state index contributed by atoms with van der Waals surface area (Å²) in [5.41, 5.74) is 5.72. The Hall–Kier alpha value is -1.20. The Kier molecular flexibility index (Phi) is 5.14. The fraction of sp³-hybridized carbons (Fsp3) is 0.636. The highest BCUT2D eigenvalue weighted by Gasteiger charge is 2.13. The first-order valence-corrected chi connectivity index (χ1v) is 5.38. The monoisotopic (exact) mass is 225 g/mol. The Balaban J connectivity index is 2.32. The number of imidazole rings is 1. The molecular formula is C11H19N3O2. The van der Waals surface area contributed by atoms with Crippen LogP contribution < -0.4 is 5.73 Å². The van der Waals surface area contributed by atoms with Crippen LogP contribution in [0.2, 0.25) is 0 Å². The number of methoxy groups -OCH3 is 1. The molecule has 0 aromatic carbocycles. The van der Waals surface area contributed by atoms with Gasteiger partial charge in [0.2, 0.25) is 0 Å². The number of ether oxygens (including phenoxy) is 1. The molecule has 0 aliphatic carbocycles. The van der Waals surface area contributed by atoms with Crippen LogP contribution in [0.3, 0.4) is 0 Å². The lowest BCUT2D eigenvalue weighted by molar-refractivity contribution is -0.120. The summed E-state index contributed by atoms with van der Waals surface area (Å²) >= 11 is 0. The van der Waals surface area contributed by atoms with Gasteiger partial charge in [-0.05, 0) is 6.42 Å². The van der Waals surface area contributed by atoms with Crippen molar-refractivity contribution >= 4 is 5.78 Å². The van der Waals surface area contributed by atoms with Gasteiger partial charge in [0.25, 0.3) is 0 Å². The molecule has 5 nitrogen and oxygen atoms in total. The van der Waals surface area contributed by atoms with Gasteiger partial charge >= 0.3 is 0 Å². The third-order valence-electron chi connectivity index (χ3n) is 2.56. The van der Waals surface area contributed by atoms with Crippen LogP contribution in [0, 0.1) is 0 Å². The number of aryl methyl sites for hydroxylation is 2. The molecule has 1 atom stereocenters. The van der Waals surface area contributed by atoms with Crippen molar-refractivity contribution in [2.75, 3.05) is 13.7 Å². The molecule has 1 aromatic heterocycles. The van der Waals surface area contributed by atoms with Gasteiger partial charge in [-0.25, -0.2) is 4.98 Å². The van der Waals surface area contributed by atoms with Crippen LogP contribution >= 0.6 is 0 Å². The molecule has 5 heteroatoms. The SMILES string of the molecule is COCCC(N)C(=O)CCc1nccn1C. The number of carbonyl (C=O) groups excluding carboxylic acids is 1. The molecule has 0 fully saturated rings. The molecule has 0 aliphatic rings. The zero-order chi connectivity index (χ0) is 12.0. The lowest BCUT2D eigenvalue weighted by atomic mass is 10.1. The number of ketones is 1. The van der Waals surface area contributed by atoms with E-state index in [2.05, 4.69) is 4.98 Å². The summed E-state index contributed by atoms with van der Waals surface area (Å²) in [7, 11) is 3.52. The van der Waals surface area contributed by atoms with E-state index < -0.39 is 6.04 Å². The minimum absolute atomic E-state index is 0.0695. The Bertz CT molecular complexity index is 336. The second kappa shape index (κ2) is 6.40. The second-order valence-electron chi connectivity index (χ2n) is 3.81. The van der Waals surface area contributed by atoms with E-state index in [-0.39, 0.29) is 5.78 Å². The van der Waals surface area contributed by atoms with E-state index in [0.717, 1.165) is 5.82 Å². The molecule has 0 radical (unpaired) electrons. The second-order valence-corrected chi connectivity index (χ2v) is 3.81. The molecule has 0 amide bonds. The van der Waals surface area contributed by atoms with Crippen molar-refractivity contribution in [2.24, 2.45) is 12.8 Å². The summed E-state index contributed by atoms with van der Waals surface area (Å²) in [6, 6.07) is -0.416. The lowest BCUT2D eigenvalue weighted by Gasteiger charge is -2.09. The maximum absolute atomic E-state index is 11.6. The highest BCUT2D eigenvalue weighted by Crippen LogP contribution is 2.02. The largest absolute Gasteiger partial charge is 0.385 e. The predicted octanol–water partition coefficient (Wildman–Crippen LogP) is 0.286. The van der Waals surface area contributed by atoms with E-state index in [0.29, 0.717) is 25.9 Å². The van der Waals surface area contributed by atoms with Gasteiger partial charge in [0.05, 0.1) is 6.04 Å². The fourth-order valence-corrected chi connectivity index (χ4v) is 1.46. The van der Waals surface area contributed by atoms with Crippen LogP contribution in [0.4, 0.5) is 0 Å². The van der Waals surface area contributed by atoms with Gasteiger partial charge in [-0.3, -0.25) is 4.79 Å². The molecule has 2 N–H and O–H groups in total. The Morgan fingerprint density at radius 3 is 3.00 bits per heavy atom. The lowest BCUT2D eigenvalue weighted by Crippen LogP contribution is -2.32. The summed E-state index contributed by atoms with van der Waals surface area (Å²) in [4.78, 5) is 15.8. The van der Waals surface area contributed by atoms with E-state index in [9.17, 15) is 4.79 Å². The van der Waals surface area contributed by atoms with E-state index in [1.165, 1.54) is 0 Å². The Morgan fingerprint density at radius 1 is 1.69 bits per heavy atom. The molecule has 0 spiro atoms. The molecule has 1 heterocycles. The van der Waals surface area contributed by atoms with E-state index >= 15 is 0 Å². The maximum atomic E-state index is 11.6. The highest BCUT2D eigenvalue weighted by atomic mass is 16.5. The molecule has 0 saturated heterocycles. The molecule has 0 saturated carbocycles. The summed E-state index contributed by atoms with van der Waals surface area (Å²) < 4.78 is 6.79. The number of Topliss-reactive ketones (excluding diaryl/α,β-unsaturated/α-hetero) is 1. The molecular weight excluding hydrogens is 206 g/mol. The quantitative estimate of drug-likeness (QED) is 0.724. The zero-order valence-electron chi connectivity index (χ0n) is 9.85. The van der Waals surface area contributed by atoms with Crippen LogP contribution in [0.1, 0.15) is 18.7 Å². The van der Waals surface area contributed by atoms with Gasteiger partial charge in [0.15, 0.2) is 0 Å². The Morgan fingerprint density at radius 2 is 2.44 bits per heavy atom. The summed E-state index contributed by atoms with van der Waals surface area (Å²) in [6.07, 6.45) is 5.25. The topological polar surface area (TPSA) is 70.1 Å². The van der Waals surface area contributed by atoms with Crippen LogP contribution in [0.25, 0.3) is 0 Å².